The molecule has 0 radical (unpaired) electrons. The second kappa shape index (κ2) is 7.89. The molecule has 1 fully saturated rings. The lowest BCUT2D eigenvalue weighted by Gasteiger charge is -2.33. The Morgan fingerprint density at radius 3 is 2.46 bits per heavy atom. The first-order chi connectivity index (χ1) is 12.1. The maximum Gasteiger partial charge on any atom is 0.407 e. The Hall–Kier alpha value is -2.37. The summed E-state index contributed by atoms with van der Waals surface area (Å²) < 4.78 is 19.2. The smallest absolute Gasteiger partial charge is 0.407 e. The van der Waals surface area contributed by atoms with Crippen LogP contribution in [0.3, 0.4) is 0 Å². The minimum Gasteiger partial charge on any atom is -0.444 e. The average molecular weight is 362 g/mol. The van der Waals surface area contributed by atoms with Crippen molar-refractivity contribution in [3.63, 3.8) is 0 Å². The number of hydrogen-bond donors (Lipinski definition) is 1. The Labute approximate surface area is 154 Å². The Kier molecular flexibility index (Phi) is 6.05. The maximum atomic E-state index is 14.0. The van der Waals surface area contributed by atoms with Crippen molar-refractivity contribution in [1.29, 1.82) is 0 Å². The third kappa shape index (κ3) is 5.07. The van der Waals surface area contributed by atoms with Crippen molar-refractivity contribution in [2.24, 2.45) is 0 Å². The highest BCUT2D eigenvalue weighted by molar-refractivity contribution is 5.96. The number of nitrogens with zero attached hydrogens (tertiary/aromatic N) is 1. The number of hydrogen-bond acceptors (Lipinski definition) is 3. The summed E-state index contributed by atoms with van der Waals surface area (Å²) >= 11 is 0. The number of piperidine rings is 1. The fraction of sp³-hybridized carbons (Fsp3) is 0.500. The molecule has 1 aromatic rings. The number of nitrogens with one attached hydrogen (secondary N) is 1. The SMILES string of the molecule is C=Cc1cc(C)c(C(=O)N2CCC(NC(=O)OC(C)(C)C)CC2)cc1F. The number of carbonyl (C=O) groups is 2. The summed E-state index contributed by atoms with van der Waals surface area (Å²) in [6, 6.07) is 2.88. The summed E-state index contributed by atoms with van der Waals surface area (Å²) in [5, 5.41) is 2.84. The molecular formula is C20H27FN2O3. The molecule has 1 aliphatic rings. The van der Waals surface area contributed by atoms with Gasteiger partial charge in [0.2, 0.25) is 0 Å². The van der Waals surface area contributed by atoms with E-state index < -0.39 is 17.5 Å². The normalized spacial score (nSPS) is 15.5. The topological polar surface area (TPSA) is 58.6 Å². The Bertz CT molecular complexity index is 702. The molecular weight excluding hydrogens is 335 g/mol. The van der Waals surface area contributed by atoms with Crippen molar-refractivity contribution in [2.75, 3.05) is 13.1 Å². The van der Waals surface area contributed by atoms with Gasteiger partial charge in [0.1, 0.15) is 11.4 Å². The van der Waals surface area contributed by atoms with Crippen LogP contribution in [0.5, 0.6) is 0 Å². The first-order valence-corrected chi connectivity index (χ1v) is 8.82. The van der Waals surface area contributed by atoms with Gasteiger partial charge in [0.15, 0.2) is 0 Å². The highest BCUT2D eigenvalue weighted by atomic mass is 19.1. The minimum atomic E-state index is -0.542. The Morgan fingerprint density at radius 1 is 1.31 bits per heavy atom. The van der Waals surface area contributed by atoms with E-state index in [1.165, 1.54) is 12.1 Å². The number of rotatable bonds is 3. The third-order valence-electron chi connectivity index (χ3n) is 4.30. The maximum absolute atomic E-state index is 14.0. The van der Waals surface area contributed by atoms with Crippen molar-refractivity contribution in [3.05, 3.63) is 41.2 Å². The van der Waals surface area contributed by atoms with Gasteiger partial charge in [-0.05, 0) is 58.2 Å². The van der Waals surface area contributed by atoms with E-state index in [0.29, 0.717) is 37.1 Å². The van der Waals surface area contributed by atoms with Gasteiger partial charge in [-0.15, -0.1) is 0 Å². The lowest BCUT2D eigenvalue weighted by molar-refractivity contribution is 0.0473. The Balaban J connectivity index is 1.95. The van der Waals surface area contributed by atoms with E-state index in [1.54, 1.807) is 17.9 Å². The molecule has 1 N–H and O–H groups in total. The van der Waals surface area contributed by atoms with Crippen LogP contribution in [0.1, 0.15) is 55.1 Å². The van der Waals surface area contributed by atoms with Crippen LogP contribution < -0.4 is 5.32 Å². The van der Waals surface area contributed by atoms with Crippen LogP contribution in [0.15, 0.2) is 18.7 Å². The van der Waals surface area contributed by atoms with Crippen LogP contribution in [0, 0.1) is 12.7 Å². The number of halogens is 1. The molecule has 1 aromatic carbocycles. The molecule has 5 nitrogen and oxygen atoms in total. The number of likely N-dealkylation sites (tertiary alicyclic amines) is 1. The van der Waals surface area contributed by atoms with Gasteiger partial charge in [-0.2, -0.15) is 0 Å². The van der Waals surface area contributed by atoms with Crippen molar-refractivity contribution in [1.82, 2.24) is 10.2 Å². The van der Waals surface area contributed by atoms with Crippen LogP contribution in [-0.4, -0.2) is 41.6 Å². The monoisotopic (exact) mass is 362 g/mol. The Morgan fingerprint density at radius 2 is 1.92 bits per heavy atom. The van der Waals surface area contributed by atoms with Gasteiger partial charge in [-0.1, -0.05) is 12.7 Å². The number of alkyl carbamates (subject to hydrolysis) is 1. The van der Waals surface area contributed by atoms with Gasteiger partial charge in [0.05, 0.1) is 0 Å². The van der Waals surface area contributed by atoms with Gasteiger partial charge >= 0.3 is 6.09 Å². The van der Waals surface area contributed by atoms with Crippen molar-refractivity contribution < 1.29 is 18.7 Å². The lowest BCUT2D eigenvalue weighted by atomic mass is 10.0. The molecule has 2 amide bonds. The number of aryl methyl sites for hydroxylation is 1. The van der Waals surface area contributed by atoms with Gasteiger partial charge in [0, 0.05) is 30.3 Å². The van der Waals surface area contributed by atoms with Crippen LogP contribution in [0.2, 0.25) is 0 Å². The first kappa shape index (κ1) is 19.9. The van der Waals surface area contributed by atoms with Crippen LogP contribution in [0.4, 0.5) is 9.18 Å². The molecule has 0 atom stereocenters. The lowest BCUT2D eigenvalue weighted by Crippen LogP contribution is -2.47. The van der Waals surface area contributed by atoms with Crippen LogP contribution in [-0.2, 0) is 4.74 Å². The molecule has 142 valence electrons. The van der Waals surface area contributed by atoms with E-state index >= 15 is 0 Å². The largest absolute Gasteiger partial charge is 0.444 e. The fourth-order valence-corrected chi connectivity index (χ4v) is 2.96. The van der Waals surface area contributed by atoms with E-state index in [0.717, 1.165) is 5.56 Å². The van der Waals surface area contributed by atoms with E-state index in [4.69, 9.17) is 4.74 Å². The predicted molar refractivity (Wildman–Crippen MR) is 99.5 cm³/mol. The summed E-state index contributed by atoms with van der Waals surface area (Å²) in [7, 11) is 0. The number of amides is 2. The van der Waals surface area contributed by atoms with Gasteiger partial charge in [-0.3, -0.25) is 4.79 Å². The molecule has 0 bridgehead atoms. The van der Waals surface area contributed by atoms with Crippen molar-refractivity contribution in [2.45, 2.75) is 52.2 Å². The summed E-state index contributed by atoms with van der Waals surface area (Å²) in [5.41, 5.74) is 0.936. The zero-order valence-corrected chi connectivity index (χ0v) is 15.9. The summed E-state index contributed by atoms with van der Waals surface area (Å²) in [6.07, 6.45) is 2.26. The molecule has 0 saturated carbocycles. The van der Waals surface area contributed by atoms with Gasteiger partial charge in [-0.25, -0.2) is 9.18 Å². The molecule has 6 heteroatoms. The van der Waals surface area contributed by atoms with Gasteiger partial charge in [0.25, 0.3) is 5.91 Å². The standard InChI is InChI=1S/C20H27FN2O3/c1-6-14-11-13(2)16(12-17(14)21)18(24)23-9-7-15(8-10-23)22-19(25)26-20(3,4)5/h6,11-12,15H,1,7-10H2,2-5H3,(H,22,25). The second-order valence-electron chi connectivity index (χ2n) is 7.61. The summed E-state index contributed by atoms with van der Waals surface area (Å²) in [6.45, 7) is 11.8. The van der Waals surface area contributed by atoms with E-state index in [1.807, 2.05) is 20.8 Å². The predicted octanol–water partition coefficient (Wildman–Crippen LogP) is 3.91. The van der Waals surface area contributed by atoms with Crippen molar-refractivity contribution in [3.8, 4) is 0 Å². The zero-order chi connectivity index (χ0) is 19.5. The van der Waals surface area contributed by atoms with Crippen molar-refractivity contribution >= 4 is 18.1 Å². The highest BCUT2D eigenvalue weighted by Crippen LogP contribution is 2.20. The molecule has 0 unspecified atom stereocenters. The average Bonchev–Trinajstić information content (AvgIpc) is 2.54. The molecule has 26 heavy (non-hydrogen) atoms. The second-order valence-corrected chi connectivity index (χ2v) is 7.61. The molecule has 1 aliphatic heterocycles. The van der Waals surface area contributed by atoms with Crippen LogP contribution >= 0.6 is 0 Å². The number of benzene rings is 1. The van der Waals surface area contributed by atoms with E-state index in [2.05, 4.69) is 11.9 Å². The number of ether oxygens (including phenoxy) is 1. The molecule has 0 aliphatic carbocycles. The van der Waals surface area contributed by atoms with E-state index in [9.17, 15) is 14.0 Å². The first-order valence-electron chi connectivity index (χ1n) is 8.82. The highest BCUT2D eigenvalue weighted by Gasteiger charge is 2.27. The molecule has 0 spiro atoms. The zero-order valence-electron chi connectivity index (χ0n) is 15.9. The molecule has 1 saturated heterocycles. The van der Waals surface area contributed by atoms with Crippen LogP contribution in [0.25, 0.3) is 6.08 Å². The van der Waals surface area contributed by atoms with E-state index in [-0.39, 0.29) is 11.9 Å². The summed E-state index contributed by atoms with van der Waals surface area (Å²) in [4.78, 5) is 26.3. The third-order valence-corrected chi connectivity index (χ3v) is 4.30. The number of carbonyl (C=O) groups excluding carboxylic acids is 2. The fourth-order valence-electron chi connectivity index (χ4n) is 2.96. The summed E-state index contributed by atoms with van der Waals surface area (Å²) in [5.74, 6) is -0.636. The minimum absolute atomic E-state index is 0.0325. The quantitative estimate of drug-likeness (QED) is 0.887. The molecule has 2 rings (SSSR count). The molecule has 1 heterocycles. The molecule has 0 aromatic heterocycles. The van der Waals surface area contributed by atoms with Gasteiger partial charge < -0.3 is 15.0 Å².